The molecule has 18 heavy (non-hydrogen) atoms. The van der Waals surface area contributed by atoms with Gasteiger partial charge in [-0.3, -0.25) is 4.79 Å². The van der Waals surface area contributed by atoms with E-state index in [-0.39, 0.29) is 9.62 Å². The van der Waals surface area contributed by atoms with Crippen LogP contribution in [0.4, 0.5) is 0 Å². The summed E-state index contributed by atoms with van der Waals surface area (Å²) in [6.07, 6.45) is 0. The van der Waals surface area contributed by atoms with Gasteiger partial charge in [-0.15, -0.1) is 11.3 Å². The molecule has 2 N–H and O–H groups in total. The number of aliphatic carboxylic acids is 1. The van der Waals surface area contributed by atoms with Gasteiger partial charge in [0.15, 0.2) is 0 Å². The molecule has 1 rings (SSSR count). The first-order chi connectivity index (χ1) is 8.04. The number of hydrogen-bond acceptors (Lipinski definition) is 4. The Morgan fingerprint density at radius 2 is 1.94 bits per heavy atom. The van der Waals surface area contributed by atoms with Crippen LogP contribution in [0.1, 0.15) is 32.6 Å². The van der Waals surface area contributed by atoms with Crippen molar-refractivity contribution >= 4 is 27.3 Å². The SMILES string of the molecule is C[C@@H](NS(=O)(=O)c1ccc(C(C)(C)C)s1)C(=O)O. The van der Waals surface area contributed by atoms with E-state index in [2.05, 4.69) is 4.72 Å². The van der Waals surface area contributed by atoms with E-state index in [1.165, 1.54) is 13.0 Å². The molecule has 1 atom stereocenters. The number of rotatable bonds is 4. The van der Waals surface area contributed by atoms with Crippen molar-refractivity contribution in [2.24, 2.45) is 0 Å². The zero-order valence-electron chi connectivity index (χ0n) is 10.7. The number of thiophene rings is 1. The molecule has 0 spiro atoms. The Morgan fingerprint density at radius 1 is 1.39 bits per heavy atom. The second kappa shape index (κ2) is 4.99. The summed E-state index contributed by atoms with van der Waals surface area (Å²) in [6.45, 7) is 7.26. The smallest absolute Gasteiger partial charge is 0.321 e. The molecule has 1 heterocycles. The van der Waals surface area contributed by atoms with Gasteiger partial charge in [0.1, 0.15) is 10.3 Å². The fraction of sp³-hybridized carbons (Fsp3) is 0.545. The highest BCUT2D eigenvalue weighted by Gasteiger charge is 2.25. The van der Waals surface area contributed by atoms with Crippen molar-refractivity contribution in [1.29, 1.82) is 0 Å². The van der Waals surface area contributed by atoms with Crippen LogP contribution in [-0.2, 0) is 20.2 Å². The van der Waals surface area contributed by atoms with Gasteiger partial charge in [0.25, 0.3) is 10.0 Å². The summed E-state index contributed by atoms with van der Waals surface area (Å²) in [7, 11) is -3.76. The van der Waals surface area contributed by atoms with Crippen molar-refractivity contribution < 1.29 is 18.3 Å². The van der Waals surface area contributed by atoms with Gasteiger partial charge in [-0.25, -0.2) is 8.42 Å². The Hall–Kier alpha value is -0.920. The van der Waals surface area contributed by atoms with Gasteiger partial charge >= 0.3 is 5.97 Å². The summed E-state index contributed by atoms with van der Waals surface area (Å²) in [5, 5.41) is 8.70. The minimum atomic E-state index is -3.76. The van der Waals surface area contributed by atoms with E-state index >= 15 is 0 Å². The van der Waals surface area contributed by atoms with Crippen LogP contribution in [0.25, 0.3) is 0 Å². The van der Waals surface area contributed by atoms with Crippen LogP contribution < -0.4 is 4.72 Å². The first-order valence-electron chi connectivity index (χ1n) is 5.39. The molecule has 0 aliphatic heterocycles. The number of carbonyl (C=O) groups is 1. The molecule has 0 radical (unpaired) electrons. The summed E-state index contributed by atoms with van der Waals surface area (Å²) >= 11 is 1.16. The highest BCUT2D eigenvalue weighted by Crippen LogP contribution is 2.31. The molecule has 0 bridgehead atoms. The molecule has 5 nitrogen and oxygen atoms in total. The van der Waals surface area contributed by atoms with Crippen LogP contribution >= 0.6 is 11.3 Å². The van der Waals surface area contributed by atoms with E-state index in [4.69, 9.17) is 5.11 Å². The molecular formula is C11H17NO4S2. The van der Waals surface area contributed by atoms with E-state index in [0.29, 0.717) is 0 Å². The number of hydrogen-bond donors (Lipinski definition) is 2. The van der Waals surface area contributed by atoms with Gasteiger partial charge in [0, 0.05) is 4.88 Å². The second-order valence-corrected chi connectivity index (χ2v) is 8.07. The normalized spacial score (nSPS) is 14.4. The van der Waals surface area contributed by atoms with Crippen molar-refractivity contribution in [3.05, 3.63) is 17.0 Å². The maximum atomic E-state index is 11.9. The number of sulfonamides is 1. The first kappa shape index (κ1) is 15.1. The maximum Gasteiger partial charge on any atom is 0.321 e. The predicted octanol–water partition coefficient (Wildman–Crippen LogP) is 1.80. The van der Waals surface area contributed by atoms with Crippen LogP contribution in [0, 0.1) is 0 Å². The van der Waals surface area contributed by atoms with Crippen LogP contribution in [0.15, 0.2) is 16.3 Å². The van der Waals surface area contributed by atoms with Crippen LogP contribution in [-0.4, -0.2) is 25.5 Å². The van der Waals surface area contributed by atoms with Crippen LogP contribution in [0.5, 0.6) is 0 Å². The molecule has 0 aliphatic rings. The molecule has 0 saturated carbocycles. The second-order valence-electron chi connectivity index (χ2n) is 5.05. The summed E-state index contributed by atoms with van der Waals surface area (Å²) in [4.78, 5) is 11.6. The maximum absolute atomic E-state index is 11.9. The average molecular weight is 291 g/mol. The molecule has 0 amide bonds. The molecule has 1 aromatic rings. The fourth-order valence-electron chi connectivity index (χ4n) is 1.21. The van der Waals surface area contributed by atoms with Crippen LogP contribution in [0.2, 0.25) is 0 Å². The van der Waals surface area contributed by atoms with Gasteiger partial charge in [-0.2, -0.15) is 4.72 Å². The lowest BCUT2D eigenvalue weighted by atomic mass is 9.95. The van der Waals surface area contributed by atoms with E-state index in [1.807, 2.05) is 20.8 Å². The van der Waals surface area contributed by atoms with Gasteiger partial charge < -0.3 is 5.11 Å². The standard InChI is InChI=1S/C11H17NO4S2/c1-7(10(13)14)12-18(15,16)9-6-5-8(17-9)11(2,3)4/h5-7,12H,1-4H3,(H,13,14)/t7-/m1/s1. The summed E-state index contributed by atoms with van der Waals surface area (Å²) in [5.74, 6) is -1.20. The summed E-state index contributed by atoms with van der Waals surface area (Å²) in [6, 6.07) is 2.11. The Balaban J connectivity index is 3.00. The van der Waals surface area contributed by atoms with E-state index in [9.17, 15) is 13.2 Å². The zero-order valence-corrected chi connectivity index (χ0v) is 12.4. The first-order valence-corrected chi connectivity index (χ1v) is 7.69. The molecule has 0 fully saturated rings. The summed E-state index contributed by atoms with van der Waals surface area (Å²) < 4.78 is 26.1. The number of nitrogens with one attached hydrogen (secondary N) is 1. The minimum absolute atomic E-state index is 0.128. The molecule has 7 heteroatoms. The molecular weight excluding hydrogens is 274 g/mol. The molecule has 0 aliphatic carbocycles. The Bertz CT molecular complexity index is 540. The van der Waals surface area contributed by atoms with Crippen molar-refractivity contribution in [2.45, 2.75) is 43.4 Å². The largest absolute Gasteiger partial charge is 0.480 e. The molecule has 102 valence electrons. The molecule has 0 saturated heterocycles. The highest BCUT2D eigenvalue weighted by atomic mass is 32.2. The van der Waals surface area contributed by atoms with Gasteiger partial charge in [0.2, 0.25) is 0 Å². The van der Waals surface area contributed by atoms with E-state index in [0.717, 1.165) is 16.2 Å². The third kappa shape index (κ3) is 3.54. The Kier molecular flexibility index (Phi) is 4.19. The lowest BCUT2D eigenvalue weighted by molar-refractivity contribution is -0.138. The van der Waals surface area contributed by atoms with Crippen molar-refractivity contribution in [3.63, 3.8) is 0 Å². The van der Waals surface area contributed by atoms with Crippen molar-refractivity contribution in [3.8, 4) is 0 Å². The highest BCUT2D eigenvalue weighted by molar-refractivity contribution is 7.91. The lowest BCUT2D eigenvalue weighted by Gasteiger charge is -2.15. The topological polar surface area (TPSA) is 83.5 Å². The van der Waals surface area contributed by atoms with Gasteiger partial charge in [-0.1, -0.05) is 20.8 Å². The fourth-order valence-corrected chi connectivity index (χ4v) is 3.79. The van der Waals surface area contributed by atoms with Gasteiger partial charge in [-0.05, 0) is 24.5 Å². The zero-order chi connectivity index (χ0) is 14.1. The Labute approximate surface area is 111 Å². The van der Waals surface area contributed by atoms with E-state index in [1.54, 1.807) is 6.07 Å². The monoisotopic (exact) mass is 291 g/mol. The third-order valence-corrected chi connectivity index (χ3v) is 5.83. The summed E-state index contributed by atoms with van der Waals surface area (Å²) in [5.41, 5.74) is -0.128. The molecule has 0 aromatic carbocycles. The number of carboxylic acids is 1. The van der Waals surface area contributed by atoms with E-state index < -0.39 is 22.0 Å². The Morgan fingerprint density at radius 3 is 2.33 bits per heavy atom. The molecule has 1 aromatic heterocycles. The average Bonchev–Trinajstić information content (AvgIpc) is 2.64. The molecule has 0 unspecified atom stereocenters. The quantitative estimate of drug-likeness (QED) is 0.886. The number of carboxylic acid groups (broad SMARTS) is 1. The van der Waals surface area contributed by atoms with Crippen LogP contribution in [0.3, 0.4) is 0 Å². The lowest BCUT2D eigenvalue weighted by Crippen LogP contribution is -2.37. The van der Waals surface area contributed by atoms with Crippen molar-refractivity contribution in [1.82, 2.24) is 4.72 Å². The van der Waals surface area contributed by atoms with Crippen molar-refractivity contribution in [2.75, 3.05) is 0 Å². The predicted molar refractivity (Wildman–Crippen MR) is 70.4 cm³/mol. The van der Waals surface area contributed by atoms with Gasteiger partial charge in [0.05, 0.1) is 0 Å². The third-order valence-electron chi connectivity index (χ3n) is 2.29. The minimum Gasteiger partial charge on any atom is -0.480 e.